The van der Waals surface area contributed by atoms with E-state index in [-0.39, 0.29) is 5.97 Å². The molecule has 248 valence electrons. The van der Waals surface area contributed by atoms with Crippen molar-refractivity contribution in [2.45, 2.75) is 182 Å². The fourth-order valence-corrected chi connectivity index (χ4v) is 6.02. The van der Waals surface area contributed by atoms with Crippen LogP contribution in [0.1, 0.15) is 172 Å². The van der Waals surface area contributed by atoms with Crippen LogP contribution in [0, 0.1) is 26.7 Å². The summed E-state index contributed by atoms with van der Waals surface area (Å²) in [4.78, 5) is 13.3. The van der Waals surface area contributed by atoms with Crippen LogP contribution in [-0.2, 0) is 20.8 Å². The molecule has 1 aromatic rings. The number of hydrogen-bond donors (Lipinski definition) is 0. The zero-order valence-corrected chi connectivity index (χ0v) is 29.3. The second-order valence-corrected chi connectivity index (χ2v) is 13.0. The van der Waals surface area contributed by atoms with Crippen molar-refractivity contribution in [1.82, 2.24) is 0 Å². The Kier molecular flexibility index (Phi) is 24.2. The Morgan fingerprint density at radius 1 is 0.605 bits per heavy atom. The van der Waals surface area contributed by atoms with Gasteiger partial charge in [-0.15, -0.1) is 0 Å². The van der Waals surface area contributed by atoms with Crippen molar-refractivity contribution < 1.29 is 18.8 Å². The van der Waals surface area contributed by atoms with Gasteiger partial charge in [-0.2, -0.15) is 4.57 Å². The maximum absolute atomic E-state index is 13.3. The average Bonchev–Trinajstić information content (AvgIpc) is 2.97. The fourth-order valence-electron chi connectivity index (χ4n) is 6.02. The highest BCUT2D eigenvalue weighted by Gasteiger charge is 2.31. The summed E-state index contributed by atoms with van der Waals surface area (Å²) in [5, 5.41) is 0. The van der Waals surface area contributed by atoms with Crippen LogP contribution >= 0.6 is 0 Å². The summed E-state index contributed by atoms with van der Waals surface area (Å²) in [5.74, 6) is -0.156. The minimum absolute atomic E-state index is 0.206. The molecule has 0 aliphatic heterocycles. The highest BCUT2D eigenvalue weighted by Crippen LogP contribution is 2.18. The number of aryl methyl sites for hydroxylation is 3. The van der Waals surface area contributed by atoms with Gasteiger partial charge in [-0.3, -0.25) is 4.79 Å². The molecule has 1 rings (SSSR count). The van der Waals surface area contributed by atoms with Gasteiger partial charge in [-0.05, 0) is 25.3 Å². The summed E-state index contributed by atoms with van der Waals surface area (Å²) in [6.45, 7) is 16.7. The smallest absolute Gasteiger partial charge is 0.323 e. The highest BCUT2D eigenvalue weighted by atomic mass is 16.5. The number of nitrogens with zero attached hydrogens (tertiary/aromatic N) is 1. The normalized spacial score (nSPS) is 11.9. The highest BCUT2D eigenvalue weighted by molar-refractivity contribution is 5.74. The molecule has 1 aromatic heterocycles. The van der Waals surface area contributed by atoms with E-state index in [0.717, 1.165) is 30.7 Å². The summed E-state index contributed by atoms with van der Waals surface area (Å²) in [7, 11) is 0. The largest absolute Gasteiger partial charge is 0.497 e. The third kappa shape index (κ3) is 19.9. The van der Waals surface area contributed by atoms with Crippen molar-refractivity contribution in [3.63, 3.8) is 0 Å². The first kappa shape index (κ1) is 39.2. The zero-order valence-electron chi connectivity index (χ0n) is 29.3. The Labute approximate surface area is 267 Å². The standard InChI is InChI=1S/C39H70NO3/c1-7-9-11-13-15-17-19-21-23-25-27-29-42-37(6)38(33-40-35(4)31-34(3)32-36(40)5)39(41)43-30-28-26-24-22-20-18-16-14-12-10-8-2/h31-32,38H,6-30,33H2,1-5H3/q+1. The van der Waals surface area contributed by atoms with Crippen LogP contribution in [0.15, 0.2) is 24.5 Å². The molecular formula is C39H70NO3+. The first-order valence-corrected chi connectivity index (χ1v) is 18.4. The molecule has 1 unspecified atom stereocenters. The van der Waals surface area contributed by atoms with Crippen LogP contribution in [0.5, 0.6) is 0 Å². The van der Waals surface area contributed by atoms with Gasteiger partial charge < -0.3 is 9.47 Å². The molecule has 43 heavy (non-hydrogen) atoms. The van der Waals surface area contributed by atoms with Crippen LogP contribution in [0.2, 0.25) is 0 Å². The molecule has 0 fully saturated rings. The van der Waals surface area contributed by atoms with Gasteiger partial charge in [-0.1, -0.05) is 149 Å². The monoisotopic (exact) mass is 601 g/mol. The molecule has 0 N–H and O–H groups in total. The number of hydrogen-bond acceptors (Lipinski definition) is 3. The minimum atomic E-state index is -0.495. The number of rotatable bonds is 29. The lowest BCUT2D eigenvalue weighted by atomic mass is 10.1. The van der Waals surface area contributed by atoms with Gasteiger partial charge in [0.25, 0.3) is 0 Å². The lowest BCUT2D eigenvalue weighted by Crippen LogP contribution is -2.46. The van der Waals surface area contributed by atoms with E-state index in [4.69, 9.17) is 9.47 Å². The number of carbonyl (C=O) groups excluding carboxylic acids is 1. The second kappa shape index (κ2) is 26.6. The maximum atomic E-state index is 13.3. The van der Waals surface area contributed by atoms with Crippen LogP contribution in [0.3, 0.4) is 0 Å². The van der Waals surface area contributed by atoms with E-state index in [2.05, 4.69) is 57.9 Å². The van der Waals surface area contributed by atoms with E-state index in [1.807, 2.05) is 0 Å². The van der Waals surface area contributed by atoms with E-state index in [1.165, 1.54) is 128 Å². The van der Waals surface area contributed by atoms with Crippen molar-refractivity contribution in [2.75, 3.05) is 13.2 Å². The Bertz CT molecular complexity index is 786. The van der Waals surface area contributed by atoms with Crippen LogP contribution < -0.4 is 4.57 Å². The summed E-state index contributed by atoms with van der Waals surface area (Å²) in [5.41, 5.74) is 3.51. The van der Waals surface area contributed by atoms with Crippen molar-refractivity contribution in [3.8, 4) is 0 Å². The molecule has 0 saturated carbocycles. The predicted octanol–water partition coefficient (Wildman–Crippen LogP) is 11.2. The molecule has 1 atom stereocenters. The Morgan fingerprint density at radius 3 is 1.35 bits per heavy atom. The lowest BCUT2D eigenvalue weighted by Gasteiger charge is -2.18. The van der Waals surface area contributed by atoms with Gasteiger partial charge in [0.15, 0.2) is 23.9 Å². The van der Waals surface area contributed by atoms with Crippen molar-refractivity contribution >= 4 is 5.97 Å². The van der Waals surface area contributed by atoms with Gasteiger partial charge in [0.1, 0.15) is 5.76 Å². The van der Waals surface area contributed by atoms with Crippen molar-refractivity contribution in [3.05, 3.63) is 41.4 Å². The summed E-state index contributed by atoms with van der Waals surface area (Å²) < 4.78 is 14.1. The SMILES string of the molecule is C=C(OCCCCCCCCCCCCC)C(C[n+]1c(C)cc(C)cc1C)C(=O)OCCCCCCCCCCCCC. The molecule has 0 bridgehead atoms. The number of aromatic nitrogens is 1. The Morgan fingerprint density at radius 2 is 0.953 bits per heavy atom. The Hall–Kier alpha value is -1.84. The number of esters is 1. The van der Waals surface area contributed by atoms with Crippen LogP contribution in [-0.4, -0.2) is 19.2 Å². The van der Waals surface area contributed by atoms with Gasteiger partial charge in [0.05, 0.1) is 13.2 Å². The number of unbranched alkanes of at least 4 members (excludes halogenated alkanes) is 20. The molecule has 4 heteroatoms. The number of carbonyl (C=O) groups is 1. The van der Waals surface area contributed by atoms with Crippen molar-refractivity contribution in [2.24, 2.45) is 5.92 Å². The predicted molar refractivity (Wildman–Crippen MR) is 183 cm³/mol. The molecule has 4 nitrogen and oxygen atoms in total. The molecule has 0 amide bonds. The fraction of sp³-hybridized carbons (Fsp3) is 0.795. The lowest BCUT2D eigenvalue weighted by molar-refractivity contribution is -0.712. The third-order valence-corrected chi connectivity index (χ3v) is 8.79. The summed E-state index contributed by atoms with van der Waals surface area (Å²) in [6, 6.07) is 4.32. The average molecular weight is 601 g/mol. The van der Waals surface area contributed by atoms with Gasteiger partial charge >= 0.3 is 5.97 Å². The molecule has 1 heterocycles. The third-order valence-electron chi connectivity index (χ3n) is 8.79. The van der Waals surface area contributed by atoms with Gasteiger partial charge in [0.2, 0.25) is 0 Å². The number of ether oxygens (including phenoxy) is 2. The van der Waals surface area contributed by atoms with Gasteiger partial charge in [0, 0.05) is 26.0 Å². The number of pyridine rings is 1. The molecular weight excluding hydrogens is 530 g/mol. The van der Waals surface area contributed by atoms with Gasteiger partial charge in [-0.25, -0.2) is 0 Å². The van der Waals surface area contributed by atoms with E-state index >= 15 is 0 Å². The van der Waals surface area contributed by atoms with E-state index in [9.17, 15) is 4.79 Å². The molecule has 0 spiro atoms. The Balaban J connectivity index is 2.41. The topological polar surface area (TPSA) is 39.4 Å². The molecule has 0 radical (unpaired) electrons. The first-order valence-electron chi connectivity index (χ1n) is 18.4. The quantitative estimate of drug-likeness (QED) is 0.0397. The van der Waals surface area contributed by atoms with Crippen LogP contribution in [0.4, 0.5) is 0 Å². The van der Waals surface area contributed by atoms with E-state index in [0.29, 0.717) is 25.5 Å². The minimum Gasteiger partial charge on any atom is -0.497 e. The second-order valence-electron chi connectivity index (χ2n) is 13.0. The van der Waals surface area contributed by atoms with Crippen LogP contribution in [0.25, 0.3) is 0 Å². The summed E-state index contributed by atoms with van der Waals surface area (Å²) >= 11 is 0. The summed E-state index contributed by atoms with van der Waals surface area (Å²) in [6.07, 6.45) is 28.4. The maximum Gasteiger partial charge on any atom is 0.323 e. The van der Waals surface area contributed by atoms with E-state index < -0.39 is 5.92 Å². The first-order chi connectivity index (χ1) is 20.9. The molecule has 0 aliphatic carbocycles. The molecule has 0 aromatic carbocycles. The zero-order chi connectivity index (χ0) is 31.5. The van der Waals surface area contributed by atoms with E-state index in [1.54, 1.807) is 0 Å². The van der Waals surface area contributed by atoms with Crippen molar-refractivity contribution in [1.29, 1.82) is 0 Å². The molecule has 0 saturated heterocycles. The molecule has 0 aliphatic rings.